The van der Waals surface area contributed by atoms with Crippen molar-refractivity contribution in [2.75, 3.05) is 33.2 Å². The lowest BCUT2D eigenvalue weighted by Gasteiger charge is -2.34. The lowest BCUT2D eigenvalue weighted by Crippen LogP contribution is -2.40. The molecule has 6 heteroatoms. The molecule has 4 rings (SSSR count). The van der Waals surface area contributed by atoms with Crippen molar-refractivity contribution in [3.8, 4) is 0 Å². The first-order chi connectivity index (χ1) is 13.7. The maximum atomic E-state index is 13.0. The monoisotopic (exact) mass is 398 g/mol. The summed E-state index contributed by atoms with van der Waals surface area (Å²) in [5.41, 5.74) is 4.50. The molecule has 1 saturated heterocycles. The van der Waals surface area contributed by atoms with Crippen molar-refractivity contribution < 1.29 is 4.39 Å². The molecular weight excluding hydrogens is 371 g/mol. The van der Waals surface area contributed by atoms with E-state index in [1.807, 2.05) is 12.1 Å². The van der Waals surface area contributed by atoms with Crippen LogP contribution in [0.4, 0.5) is 4.39 Å². The van der Waals surface area contributed by atoms with Gasteiger partial charge in [-0.1, -0.05) is 18.2 Å². The highest BCUT2D eigenvalue weighted by molar-refractivity contribution is 7.00. The minimum atomic E-state index is -0.157. The Balaban J connectivity index is 1.26. The molecule has 2 heterocycles. The SMILES string of the molecule is CN(Cc1ccc2nsnc2c1)CC1CCCN(CCc2ccc(F)cc2)C1. The molecule has 1 atom stereocenters. The number of fused-ring (bicyclic) bond motifs is 1. The second-order valence-electron chi connectivity index (χ2n) is 7.97. The fourth-order valence-electron chi connectivity index (χ4n) is 4.18. The highest BCUT2D eigenvalue weighted by Gasteiger charge is 2.21. The summed E-state index contributed by atoms with van der Waals surface area (Å²) >= 11 is 1.28. The van der Waals surface area contributed by atoms with Gasteiger partial charge in [-0.05, 0) is 74.2 Å². The van der Waals surface area contributed by atoms with Crippen molar-refractivity contribution in [3.05, 3.63) is 59.4 Å². The van der Waals surface area contributed by atoms with Crippen LogP contribution < -0.4 is 0 Å². The number of piperidine rings is 1. The molecule has 0 aliphatic carbocycles. The van der Waals surface area contributed by atoms with Crippen LogP contribution in [0.15, 0.2) is 42.5 Å². The summed E-state index contributed by atoms with van der Waals surface area (Å²) in [5, 5.41) is 0. The largest absolute Gasteiger partial charge is 0.303 e. The van der Waals surface area contributed by atoms with Crippen LogP contribution in [0.2, 0.25) is 0 Å². The Morgan fingerprint density at radius 3 is 2.75 bits per heavy atom. The van der Waals surface area contributed by atoms with Gasteiger partial charge < -0.3 is 9.80 Å². The van der Waals surface area contributed by atoms with Crippen LogP contribution in [0.25, 0.3) is 11.0 Å². The third-order valence-corrected chi connectivity index (χ3v) is 6.13. The van der Waals surface area contributed by atoms with Gasteiger partial charge in [0.2, 0.25) is 0 Å². The van der Waals surface area contributed by atoms with Gasteiger partial charge in [0.25, 0.3) is 0 Å². The molecular formula is C22H27FN4S. The van der Waals surface area contributed by atoms with E-state index < -0.39 is 0 Å². The molecule has 0 N–H and O–H groups in total. The van der Waals surface area contributed by atoms with Crippen LogP contribution in [-0.4, -0.2) is 51.8 Å². The second-order valence-corrected chi connectivity index (χ2v) is 8.50. The Hall–Kier alpha value is -1.89. The summed E-state index contributed by atoms with van der Waals surface area (Å²) in [6.45, 7) is 5.44. The average molecular weight is 399 g/mol. The van der Waals surface area contributed by atoms with Crippen LogP contribution in [0.3, 0.4) is 0 Å². The number of hydrogen-bond donors (Lipinski definition) is 0. The van der Waals surface area contributed by atoms with Crippen molar-refractivity contribution in [2.45, 2.75) is 25.8 Å². The molecule has 148 valence electrons. The number of hydrogen-bond acceptors (Lipinski definition) is 5. The van der Waals surface area contributed by atoms with E-state index in [1.165, 1.54) is 42.2 Å². The van der Waals surface area contributed by atoms with E-state index in [-0.39, 0.29) is 5.82 Å². The zero-order valence-electron chi connectivity index (χ0n) is 16.4. The zero-order valence-corrected chi connectivity index (χ0v) is 17.2. The second kappa shape index (κ2) is 9.07. The molecule has 1 aromatic heterocycles. The van der Waals surface area contributed by atoms with Crippen LogP contribution in [0.5, 0.6) is 0 Å². The lowest BCUT2D eigenvalue weighted by atomic mass is 9.97. The number of rotatable bonds is 7. The number of benzene rings is 2. The molecule has 4 nitrogen and oxygen atoms in total. The molecule has 1 fully saturated rings. The predicted molar refractivity (Wildman–Crippen MR) is 113 cm³/mol. The van der Waals surface area contributed by atoms with Gasteiger partial charge in [-0.2, -0.15) is 8.75 Å². The number of likely N-dealkylation sites (tertiary alicyclic amines) is 1. The third kappa shape index (κ3) is 5.13. The van der Waals surface area contributed by atoms with E-state index in [0.717, 1.165) is 43.6 Å². The molecule has 1 aliphatic heterocycles. The van der Waals surface area contributed by atoms with Gasteiger partial charge in [0, 0.05) is 26.2 Å². The maximum Gasteiger partial charge on any atom is 0.123 e. The number of aromatic nitrogens is 2. The summed E-state index contributed by atoms with van der Waals surface area (Å²) in [5.74, 6) is 0.548. The maximum absolute atomic E-state index is 13.0. The first-order valence-corrected chi connectivity index (χ1v) is 10.8. The molecule has 2 aromatic carbocycles. The van der Waals surface area contributed by atoms with Gasteiger partial charge in [-0.15, -0.1) is 0 Å². The molecule has 0 spiro atoms. The average Bonchev–Trinajstić information content (AvgIpc) is 3.15. The summed E-state index contributed by atoms with van der Waals surface area (Å²) in [6, 6.07) is 13.3. The van der Waals surface area contributed by atoms with E-state index in [2.05, 4.69) is 43.8 Å². The highest BCUT2D eigenvalue weighted by atomic mass is 32.1. The van der Waals surface area contributed by atoms with Crippen LogP contribution in [-0.2, 0) is 13.0 Å². The van der Waals surface area contributed by atoms with Crippen LogP contribution in [0, 0.1) is 11.7 Å². The Bertz CT molecular complexity index is 895. The Labute approximate surface area is 170 Å². The van der Waals surface area contributed by atoms with Crippen molar-refractivity contribution in [1.29, 1.82) is 0 Å². The fourth-order valence-corrected chi connectivity index (χ4v) is 4.70. The zero-order chi connectivity index (χ0) is 19.3. The summed E-state index contributed by atoms with van der Waals surface area (Å²) in [7, 11) is 2.21. The lowest BCUT2D eigenvalue weighted by molar-refractivity contribution is 0.142. The van der Waals surface area contributed by atoms with Gasteiger partial charge in [-0.25, -0.2) is 4.39 Å². The first kappa shape index (κ1) is 19.4. The van der Waals surface area contributed by atoms with Crippen molar-refractivity contribution in [2.24, 2.45) is 5.92 Å². The van der Waals surface area contributed by atoms with Crippen molar-refractivity contribution in [3.63, 3.8) is 0 Å². The van der Waals surface area contributed by atoms with E-state index in [9.17, 15) is 4.39 Å². The quantitative estimate of drug-likeness (QED) is 0.597. The summed E-state index contributed by atoms with van der Waals surface area (Å²) < 4.78 is 21.7. The highest BCUT2D eigenvalue weighted by Crippen LogP contribution is 2.20. The molecule has 0 amide bonds. The Morgan fingerprint density at radius 2 is 1.89 bits per heavy atom. The van der Waals surface area contributed by atoms with Gasteiger partial charge in [-0.3, -0.25) is 0 Å². The Kier molecular flexibility index (Phi) is 6.29. The van der Waals surface area contributed by atoms with Gasteiger partial charge in [0.1, 0.15) is 16.9 Å². The topological polar surface area (TPSA) is 32.3 Å². The fraction of sp³-hybridized carbons (Fsp3) is 0.455. The van der Waals surface area contributed by atoms with E-state index in [0.29, 0.717) is 5.92 Å². The van der Waals surface area contributed by atoms with E-state index in [4.69, 9.17) is 0 Å². The summed E-state index contributed by atoms with van der Waals surface area (Å²) in [4.78, 5) is 4.99. The third-order valence-electron chi connectivity index (χ3n) is 5.57. The molecule has 1 aliphatic rings. The molecule has 28 heavy (non-hydrogen) atoms. The molecule has 1 unspecified atom stereocenters. The van der Waals surface area contributed by atoms with Crippen molar-refractivity contribution in [1.82, 2.24) is 18.5 Å². The van der Waals surface area contributed by atoms with Gasteiger partial charge >= 0.3 is 0 Å². The standard InChI is InChI=1S/C22H27FN4S/c1-26(14-18-6-9-21-22(13-18)25-28-24-21)15-19-3-2-11-27(16-19)12-10-17-4-7-20(23)8-5-17/h4-9,13,19H,2-3,10-12,14-16H2,1H3. The van der Waals surface area contributed by atoms with Gasteiger partial charge in [0.15, 0.2) is 0 Å². The predicted octanol–water partition coefficient (Wildman–Crippen LogP) is 4.22. The van der Waals surface area contributed by atoms with Crippen LogP contribution in [0.1, 0.15) is 24.0 Å². The smallest absolute Gasteiger partial charge is 0.123 e. The molecule has 0 saturated carbocycles. The normalized spacial score (nSPS) is 18.2. The molecule has 0 radical (unpaired) electrons. The number of halogens is 1. The van der Waals surface area contributed by atoms with Crippen LogP contribution >= 0.6 is 11.7 Å². The Morgan fingerprint density at radius 1 is 1.11 bits per heavy atom. The number of nitrogens with zero attached hydrogens (tertiary/aromatic N) is 4. The molecule has 0 bridgehead atoms. The van der Waals surface area contributed by atoms with Crippen molar-refractivity contribution >= 4 is 22.8 Å². The first-order valence-electron chi connectivity index (χ1n) is 10.0. The van der Waals surface area contributed by atoms with Gasteiger partial charge in [0.05, 0.1) is 11.7 Å². The minimum absolute atomic E-state index is 0.157. The van der Waals surface area contributed by atoms with E-state index >= 15 is 0 Å². The van der Waals surface area contributed by atoms with E-state index in [1.54, 1.807) is 12.1 Å². The minimum Gasteiger partial charge on any atom is -0.303 e. The summed E-state index contributed by atoms with van der Waals surface area (Å²) in [6.07, 6.45) is 3.55. The molecule has 3 aromatic rings.